The first-order valence-corrected chi connectivity index (χ1v) is 6.95. The monoisotopic (exact) mass is 301 g/mol. The van der Waals surface area contributed by atoms with E-state index in [-0.39, 0.29) is 11.6 Å². The van der Waals surface area contributed by atoms with Crippen LogP contribution >= 0.6 is 11.3 Å². The number of non-ortho nitro benzene ring substituents is 1. The Labute approximate surface area is 123 Å². The molecule has 21 heavy (non-hydrogen) atoms. The maximum Gasteiger partial charge on any atom is 0.269 e. The van der Waals surface area contributed by atoms with Crippen LogP contribution in [-0.2, 0) is 6.42 Å². The first-order chi connectivity index (χ1) is 10.0. The van der Waals surface area contributed by atoms with Gasteiger partial charge in [0.05, 0.1) is 10.3 Å². The Kier molecular flexibility index (Phi) is 3.15. The van der Waals surface area contributed by atoms with E-state index in [0.29, 0.717) is 12.2 Å². The topological polar surface area (TPSA) is 121 Å². The number of nitro benzene ring substituents is 1. The van der Waals surface area contributed by atoms with Crippen molar-refractivity contribution in [1.82, 2.24) is 9.97 Å². The van der Waals surface area contributed by atoms with Gasteiger partial charge in [-0.15, -0.1) is 11.3 Å². The Bertz CT molecular complexity index is 828. The molecular weight excluding hydrogens is 290 g/mol. The predicted molar refractivity (Wildman–Crippen MR) is 82.1 cm³/mol. The zero-order valence-corrected chi connectivity index (χ0v) is 11.6. The number of hydrogen-bond acceptors (Lipinski definition) is 7. The van der Waals surface area contributed by atoms with Crippen molar-refractivity contribution in [2.24, 2.45) is 0 Å². The van der Waals surface area contributed by atoms with E-state index in [1.54, 1.807) is 12.1 Å². The largest absolute Gasteiger partial charge is 0.383 e. The van der Waals surface area contributed by atoms with Crippen molar-refractivity contribution in [3.05, 3.63) is 50.9 Å². The van der Waals surface area contributed by atoms with E-state index in [0.717, 1.165) is 21.3 Å². The molecule has 1 aromatic carbocycles. The lowest BCUT2D eigenvalue weighted by Gasteiger charge is -2.03. The summed E-state index contributed by atoms with van der Waals surface area (Å²) < 4.78 is 0. The van der Waals surface area contributed by atoms with E-state index in [4.69, 9.17) is 11.5 Å². The second-order valence-electron chi connectivity index (χ2n) is 4.51. The van der Waals surface area contributed by atoms with Gasteiger partial charge in [0.25, 0.3) is 5.69 Å². The number of nitro groups is 1. The number of nitrogens with zero attached hydrogens (tertiary/aromatic N) is 3. The van der Waals surface area contributed by atoms with Crippen LogP contribution in [0.5, 0.6) is 0 Å². The predicted octanol–water partition coefficient (Wildman–Crippen LogP) is 2.35. The second kappa shape index (κ2) is 4.98. The van der Waals surface area contributed by atoms with E-state index in [2.05, 4.69) is 9.97 Å². The SMILES string of the molecule is Nc1nc(N)c2c(Cc3ccc([N+](=O)[O-])cc3)csc2n1. The number of benzene rings is 1. The Morgan fingerprint density at radius 2 is 1.90 bits per heavy atom. The fraction of sp³-hybridized carbons (Fsp3) is 0.0769. The van der Waals surface area contributed by atoms with Gasteiger partial charge in [0.15, 0.2) is 0 Å². The van der Waals surface area contributed by atoms with Gasteiger partial charge < -0.3 is 11.5 Å². The standard InChI is InChI=1S/C13H11N5O2S/c14-11-10-8(6-21-12(10)17-13(15)16-11)5-7-1-3-9(4-2-7)18(19)20/h1-4,6H,5H2,(H4,14,15,16,17). The van der Waals surface area contributed by atoms with Gasteiger partial charge in [0, 0.05) is 12.1 Å². The molecule has 0 amide bonds. The van der Waals surface area contributed by atoms with Crippen LogP contribution < -0.4 is 11.5 Å². The number of anilines is 2. The van der Waals surface area contributed by atoms with E-state index in [1.807, 2.05) is 5.38 Å². The average molecular weight is 301 g/mol. The molecule has 7 nitrogen and oxygen atoms in total. The molecular formula is C13H11N5O2S. The molecule has 0 saturated heterocycles. The zero-order chi connectivity index (χ0) is 15.0. The molecule has 2 aromatic heterocycles. The van der Waals surface area contributed by atoms with Crippen LogP contribution in [0.2, 0.25) is 0 Å². The van der Waals surface area contributed by atoms with Gasteiger partial charge in [-0.25, -0.2) is 4.98 Å². The first-order valence-electron chi connectivity index (χ1n) is 6.07. The lowest BCUT2D eigenvalue weighted by atomic mass is 10.1. The van der Waals surface area contributed by atoms with Gasteiger partial charge >= 0.3 is 0 Å². The van der Waals surface area contributed by atoms with Gasteiger partial charge in [0.2, 0.25) is 5.95 Å². The minimum atomic E-state index is -0.418. The van der Waals surface area contributed by atoms with E-state index >= 15 is 0 Å². The van der Waals surface area contributed by atoms with Gasteiger partial charge in [-0.2, -0.15) is 4.98 Å². The van der Waals surface area contributed by atoms with E-state index in [9.17, 15) is 10.1 Å². The zero-order valence-electron chi connectivity index (χ0n) is 10.8. The normalized spacial score (nSPS) is 10.9. The summed E-state index contributed by atoms with van der Waals surface area (Å²) in [5.41, 5.74) is 13.5. The number of thiophene rings is 1. The molecule has 0 bridgehead atoms. The number of aromatic nitrogens is 2. The van der Waals surface area contributed by atoms with Crippen LogP contribution in [0.1, 0.15) is 11.1 Å². The highest BCUT2D eigenvalue weighted by Crippen LogP contribution is 2.30. The van der Waals surface area contributed by atoms with Crippen LogP contribution in [0.3, 0.4) is 0 Å². The third kappa shape index (κ3) is 2.48. The van der Waals surface area contributed by atoms with Crippen LogP contribution in [0.15, 0.2) is 29.6 Å². The molecule has 0 saturated carbocycles. The lowest BCUT2D eigenvalue weighted by Crippen LogP contribution is -2.00. The Morgan fingerprint density at radius 1 is 1.19 bits per heavy atom. The number of rotatable bonds is 3. The molecule has 0 unspecified atom stereocenters. The third-order valence-corrected chi connectivity index (χ3v) is 4.02. The molecule has 0 aliphatic carbocycles. The van der Waals surface area contributed by atoms with E-state index < -0.39 is 4.92 Å². The Balaban J connectivity index is 1.96. The number of fused-ring (bicyclic) bond motifs is 1. The molecule has 0 radical (unpaired) electrons. The van der Waals surface area contributed by atoms with Crippen LogP contribution in [0.4, 0.5) is 17.5 Å². The molecule has 0 spiro atoms. The molecule has 4 N–H and O–H groups in total. The molecule has 0 atom stereocenters. The van der Waals surface area contributed by atoms with Crippen LogP contribution in [-0.4, -0.2) is 14.9 Å². The second-order valence-corrected chi connectivity index (χ2v) is 5.37. The lowest BCUT2D eigenvalue weighted by molar-refractivity contribution is -0.384. The summed E-state index contributed by atoms with van der Waals surface area (Å²) in [4.78, 5) is 19.1. The highest BCUT2D eigenvalue weighted by atomic mass is 32.1. The van der Waals surface area contributed by atoms with Gasteiger partial charge in [-0.05, 0) is 22.9 Å². The van der Waals surface area contributed by atoms with Gasteiger partial charge in [-0.3, -0.25) is 10.1 Å². The summed E-state index contributed by atoms with van der Waals surface area (Å²) in [7, 11) is 0. The summed E-state index contributed by atoms with van der Waals surface area (Å²) in [5, 5.41) is 13.4. The molecule has 0 aliphatic rings. The summed E-state index contributed by atoms with van der Waals surface area (Å²) in [6, 6.07) is 6.44. The fourth-order valence-corrected chi connectivity index (χ4v) is 3.09. The average Bonchev–Trinajstić information content (AvgIpc) is 2.82. The minimum absolute atomic E-state index is 0.0737. The summed E-state index contributed by atoms with van der Waals surface area (Å²) in [6.07, 6.45) is 0.607. The van der Waals surface area contributed by atoms with Gasteiger partial charge in [0.1, 0.15) is 10.6 Å². The molecule has 0 fully saturated rings. The van der Waals surface area contributed by atoms with Gasteiger partial charge in [-0.1, -0.05) is 12.1 Å². The first kappa shape index (κ1) is 13.3. The van der Waals surface area contributed by atoms with Crippen molar-refractivity contribution in [2.45, 2.75) is 6.42 Å². The molecule has 3 aromatic rings. The highest BCUT2D eigenvalue weighted by Gasteiger charge is 2.12. The quantitative estimate of drug-likeness (QED) is 0.565. The van der Waals surface area contributed by atoms with Crippen molar-refractivity contribution in [3.8, 4) is 0 Å². The maximum absolute atomic E-state index is 10.6. The molecule has 0 aliphatic heterocycles. The van der Waals surface area contributed by atoms with Crippen LogP contribution in [0.25, 0.3) is 10.2 Å². The molecule has 3 rings (SSSR count). The maximum atomic E-state index is 10.6. The molecule has 106 valence electrons. The summed E-state index contributed by atoms with van der Waals surface area (Å²) in [6.45, 7) is 0. The molecule has 8 heteroatoms. The Morgan fingerprint density at radius 3 is 2.57 bits per heavy atom. The van der Waals surface area contributed by atoms with Crippen molar-refractivity contribution in [1.29, 1.82) is 0 Å². The highest BCUT2D eigenvalue weighted by molar-refractivity contribution is 7.17. The van der Waals surface area contributed by atoms with Crippen molar-refractivity contribution in [2.75, 3.05) is 11.5 Å². The molecule has 2 heterocycles. The van der Waals surface area contributed by atoms with Crippen molar-refractivity contribution < 1.29 is 4.92 Å². The number of nitrogens with two attached hydrogens (primary N) is 2. The summed E-state index contributed by atoms with van der Waals surface area (Å²) in [5.74, 6) is 0.513. The minimum Gasteiger partial charge on any atom is -0.383 e. The van der Waals surface area contributed by atoms with Crippen molar-refractivity contribution in [3.63, 3.8) is 0 Å². The van der Waals surface area contributed by atoms with Crippen LogP contribution in [0, 0.1) is 10.1 Å². The fourth-order valence-electron chi connectivity index (χ4n) is 2.13. The third-order valence-electron chi connectivity index (χ3n) is 3.10. The van der Waals surface area contributed by atoms with Crippen molar-refractivity contribution >= 4 is 39.0 Å². The number of nitrogen functional groups attached to an aromatic ring is 2. The summed E-state index contributed by atoms with van der Waals surface area (Å²) >= 11 is 1.45. The number of hydrogen-bond donors (Lipinski definition) is 2. The smallest absolute Gasteiger partial charge is 0.269 e. The Hall–Kier alpha value is -2.74. The van der Waals surface area contributed by atoms with E-state index in [1.165, 1.54) is 23.5 Å².